The topological polar surface area (TPSA) is 87.6 Å². The van der Waals surface area contributed by atoms with Crippen LogP contribution < -0.4 is 4.74 Å². The number of likely N-dealkylation sites (tertiary alicyclic amines) is 1. The molecule has 0 bridgehead atoms. The van der Waals surface area contributed by atoms with E-state index in [1.54, 1.807) is 0 Å². The van der Waals surface area contributed by atoms with Crippen molar-refractivity contribution >= 4 is 18.1 Å². The number of piperidine rings is 1. The summed E-state index contributed by atoms with van der Waals surface area (Å²) < 4.78 is 13.3. The molecule has 300 valence electrons. The van der Waals surface area contributed by atoms with E-state index in [0.717, 1.165) is 98.0 Å². The molecule has 0 aliphatic carbocycles. The zero-order valence-corrected chi connectivity index (χ0v) is 33.9. The zero-order valence-electron chi connectivity index (χ0n) is 33.9. The van der Waals surface area contributed by atoms with Crippen molar-refractivity contribution in [3.8, 4) is 17.0 Å². The summed E-state index contributed by atoms with van der Waals surface area (Å²) in [7, 11) is 4.08. The monoisotopic (exact) mass is 771 g/mol. The molecule has 4 aromatic rings. The zero-order chi connectivity index (χ0) is 39.5. The number of ether oxygens (including phenoxy) is 2. The van der Waals surface area contributed by atoms with Crippen molar-refractivity contribution in [2.45, 2.75) is 64.6 Å². The van der Waals surface area contributed by atoms with Crippen LogP contribution in [0.5, 0.6) is 5.75 Å². The van der Waals surface area contributed by atoms with Crippen LogP contribution in [0.4, 0.5) is 0 Å². The normalized spacial score (nSPS) is 18.6. The molecule has 2 saturated heterocycles. The van der Waals surface area contributed by atoms with E-state index >= 15 is 4.79 Å². The molecule has 5 heterocycles. The van der Waals surface area contributed by atoms with Crippen molar-refractivity contribution in [2.75, 3.05) is 66.1 Å². The van der Waals surface area contributed by atoms with Crippen molar-refractivity contribution in [3.05, 3.63) is 111 Å². The predicted molar refractivity (Wildman–Crippen MR) is 222 cm³/mol. The molecule has 1 atom stereocenters. The molecule has 2 amide bonds. The molecule has 0 N–H and O–H groups in total. The Morgan fingerprint density at radius 2 is 1.68 bits per heavy atom. The molecule has 2 fully saturated rings. The first-order chi connectivity index (χ1) is 27.7. The first-order valence-electron chi connectivity index (χ1n) is 20.9. The summed E-state index contributed by atoms with van der Waals surface area (Å²) in [5.41, 5.74) is 9.41. The van der Waals surface area contributed by atoms with Crippen LogP contribution >= 0.6 is 0 Å². The lowest BCUT2D eigenvalue weighted by Crippen LogP contribution is -2.51. The van der Waals surface area contributed by atoms with Gasteiger partial charge < -0.3 is 33.6 Å². The maximum absolute atomic E-state index is 15.2. The second kappa shape index (κ2) is 17.4. The number of hydrogen-bond donors (Lipinski definition) is 0. The van der Waals surface area contributed by atoms with Gasteiger partial charge in [0.05, 0.1) is 19.6 Å². The number of amides is 2. The van der Waals surface area contributed by atoms with Gasteiger partial charge in [-0.1, -0.05) is 42.8 Å². The highest BCUT2D eigenvalue weighted by molar-refractivity contribution is 6.02. The highest BCUT2D eigenvalue weighted by atomic mass is 16.5. The highest BCUT2D eigenvalue weighted by Crippen LogP contribution is 2.35. The van der Waals surface area contributed by atoms with Crippen LogP contribution in [0.1, 0.15) is 73.5 Å². The Hall–Kier alpha value is -4.77. The van der Waals surface area contributed by atoms with Gasteiger partial charge in [-0.05, 0) is 111 Å². The molecule has 0 saturated carbocycles. The summed E-state index contributed by atoms with van der Waals surface area (Å²) in [6.45, 7) is 10.7. The molecule has 3 aromatic carbocycles. The van der Waals surface area contributed by atoms with Crippen molar-refractivity contribution in [3.63, 3.8) is 0 Å². The first-order valence-corrected chi connectivity index (χ1v) is 20.9. The quantitative estimate of drug-likeness (QED) is 0.155. The van der Waals surface area contributed by atoms with Gasteiger partial charge in [-0.25, -0.2) is 0 Å². The van der Waals surface area contributed by atoms with Gasteiger partial charge in [-0.15, -0.1) is 0 Å². The minimum atomic E-state index is 0.00110. The van der Waals surface area contributed by atoms with Crippen LogP contribution in [-0.4, -0.2) is 114 Å². The standard InChI is InChI=1S/C47H57N5O5/c1-33-40(30-53)25-45(49(33)3)43-23-37-15-18-51(46(54)21-34-11-13-42(14-12-34)57-20-19-48(2)26-35-31-56-32-35)27-39(37)24-44(43)47(55)52-28-38-10-6-5-9-36(38)22-41(52)29-50-16-7-4-8-17-50/h5-6,9-14,23-25,30,35,41H,4,7-8,15-22,26-29,31-32H2,1-3H3. The van der Waals surface area contributed by atoms with E-state index in [0.29, 0.717) is 56.1 Å². The van der Waals surface area contributed by atoms with Crippen molar-refractivity contribution in [2.24, 2.45) is 13.0 Å². The molecule has 10 nitrogen and oxygen atoms in total. The maximum atomic E-state index is 15.2. The minimum absolute atomic E-state index is 0.00110. The number of hydrogen-bond acceptors (Lipinski definition) is 7. The van der Waals surface area contributed by atoms with Crippen LogP contribution in [0.15, 0.2) is 66.7 Å². The van der Waals surface area contributed by atoms with E-state index in [1.165, 1.54) is 30.4 Å². The molecule has 1 aromatic heterocycles. The second-order valence-electron chi connectivity index (χ2n) is 16.7. The number of rotatable bonds is 13. The van der Waals surface area contributed by atoms with Crippen LogP contribution in [0.25, 0.3) is 11.3 Å². The molecule has 10 heteroatoms. The number of carbonyl (C=O) groups excluding carboxylic acids is 3. The van der Waals surface area contributed by atoms with Crippen LogP contribution in [-0.2, 0) is 48.9 Å². The number of aromatic nitrogens is 1. The van der Waals surface area contributed by atoms with E-state index in [1.807, 2.05) is 53.8 Å². The molecule has 0 radical (unpaired) electrons. The number of aldehydes is 1. The average Bonchev–Trinajstić information content (AvgIpc) is 3.51. The fraction of sp³-hybridized carbons (Fsp3) is 0.468. The smallest absolute Gasteiger partial charge is 0.255 e. The molecule has 57 heavy (non-hydrogen) atoms. The van der Waals surface area contributed by atoms with Gasteiger partial charge in [0, 0.05) is 86.4 Å². The third-order valence-electron chi connectivity index (χ3n) is 12.7. The Morgan fingerprint density at radius 3 is 2.40 bits per heavy atom. The van der Waals surface area contributed by atoms with Gasteiger partial charge in [0.15, 0.2) is 6.29 Å². The average molecular weight is 772 g/mol. The van der Waals surface area contributed by atoms with Gasteiger partial charge in [0.2, 0.25) is 5.91 Å². The van der Waals surface area contributed by atoms with E-state index in [9.17, 15) is 9.59 Å². The van der Waals surface area contributed by atoms with Crippen molar-refractivity contribution in [1.29, 1.82) is 0 Å². The second-order valence-corrected chi connectivity index (χ2v) is 16.7. The summed E-state index contributed by atoms with van der Waals surface area (Å²) >= 11 is 0. The Labute approximate surface area is 337 Å². The third kappa shape index (κ3) is 8.73. The third-order valence-corrected chi connectivity index (χ3v) is 12.7. The van der Waals surface area contributed by atoms with Gasteiger partial charge in [0.1, 0.15) is 12.4 Å². The molecule has 8 rings (SSSR count). The lowest BCUT2D eigenvalue weighted by Gasteiger charge is -2.41. The molecule has 4 aliphatic heterocycles. The Bertz CT molecular complexity index is 2080. The van der Waals surface area contributed by atoms with Gasteiger partial charge in [-0.3, -0.25) is 14.4 Å². The van der Waals surface area contributed by atoms with Crippen molar-refractivity contribution < 1.29 is 23.9 Å². The number of nitrogens with zero attached hydrogens (tertiary/aromatic N) is 5. The minimum Gasteiger partial charge on any atom is -0.492 e. The maximum Gasteiger partial charge on any atom is 0.255 e. The van der Waals surface area contributed by atoms with Crippen LogP contribution in [0.2, 0.25) is 0 Å². The van der Waals surface area contributed by atoms with E-state index in [4.69, 9.17) is 9.47 Å². The number of fused-ring (bicyclic) bond motifs is 2. The van der Waals surface area contributed by atoms with E-state index in [-0.39, 0.29) is 17.9 Å². The Kier molecular flexibility index (Phi) is 11.9. The van der Waals surface area contributed by atoms with Gasteiger partial charge in [-0.2, -0.15) is 0 Å². The largest absolute Gasteiger partial charge is 0.492 e. The Morgan fingerprint density at radius 1 is 0.912 bits per heavy atom. The SMILES string of the molecule is Cc1c(C=O)cc(-c2cc3c(cc2C(=O)N2Cc4ccccc4CC2CN2CCCCC2)CN(C(=O)Cc2ccc(OCCN(C)CC4COC4)cc2)CC3)n1C. The fourth-order valence-electron chi connectivity index (χ4n) is 9.13. The van der Waals surface area contributed by atoms with E-state index in [2.05, 4.69) is 58.1 Å². The van der Waals surface area contributed by atoms with Gasteiger partial charge >= 0.3 is 0 Å². The van der Waals surface area contributed by atoms with Crippen molar-refractivity contribution in [1.82, 2.24) is 24.2 Å². The lowest BCUT2D eigenvalue weighted by molar-refractivity contribution is -0.131. The summed E-state index contributed by atoms with van der Waals surface area (Å²) in [4.78, 5) is 49.9. The van der Waals surface area contributed by atoms with E-state index < -0.39 is 0 Å². The molecule has 0 spiro atoms. The summed E-state index contributed by atoms with van der Waals surface area (Å²) in [5, 5.41) is 0. The van der Waals surface area contributed by atoms with Crippen LogP contribution in [0.3, 0.4) is 0 Å². The predicted octanol–water partition coefficient (Wildman–Crippen LogP) is 5.95. The molecule has 1 unspecified atom stereocenters. The molecule has 4 aliphatic rings. The Balaban J connectivity index is 1.02. The lowest BCUT2D eigenvalue weighted by atomic mass is 9.89. The summed E-state index contributed by atoms with van der Waals surface area (Å²) in [6.07, 6.45) is 6.36. The number of likely N-dealkylation sites (N-methyl/N-ethyl adjacent to an activating group) is 1. The van der Waals surface area contributed by atoms with Crippen LogP contribution in [0, 0.1) is 12.8 Å². The molecular weight excluding hydrogens is 715 g/mol. The fourth-order valence-corrected chi connectivity index (χ4v) is 9.13. The highest BCUT2D eigenvalue weighted by Gasteiger charge is 2.35. The van der Waals surface area contributed by atoms with Gasteiger partial charge in [0.25, 0.3) is 5.91 Å². The summed E-state index contributed by atoms with van der Waals surface area (Å²) in [6, 6.07) is 22.5. The number of benzene rings is 3. The number of carbonyl (C=O) groups is 3. The molecular formula is C47H57N5O5. The first kappa shape index (κ1) is 39.1. The summed E-state index contributed by atoms with van der Waals surface area (Å²) in [5.74, 6) is 1.49.